The molecule has 9 N–H and O–H groups in total. The summed E-state index contributed by atoms with van der Waals surface area (Å²) in [6.45, 7) is 24.6. The lowest BCUT2D eigenvalue weighted by atomic mass is 9.72. The lowest BCUT2D eigenvalue weighted by Gasteiger charge is -2.38. The zero-order valence-corrected chi connectivity index (χ0v) is 52.5. The van der Waals surface area contributed by atoms with Gasteiger partial charge in [0.25, 0.3) is 11.7 Å². The van der Waals surface area contributed by atoms with Crippen molar-refractivity contribution < 1.29 is 81.8 Å². The summed E-state index contributed by atoms with van der Waals surface area (Å²) in [5, 5.41) is 31.0. The molecule has 0 radical (unpaired) electrons. The first-order valence-corrected chi connectivity index (χ1v) is 32.8. The van der Waals surface area contributed by atoms with E-state index in [4.69, 9.17) is 23.9 Å². The number of phenolic OH excluding ortho intramolecular Hbond substituents is 1. The molecule has 23 nitrogen and oxygen atoms in total. The van der Waals surface area contributed by atoms with Crippen molar-refractivity contribution in [2.24, 2.45) is 46.4 Å². The number of likely N-dealkylation sites (tertiary alicyclic amines) is 1. The second-order valence-corrected chi connectivity index (χ2v) is 28.3. The monoisotopic (exact) mass is 1220 g/mol. The molecule has 0 saturated carbocycles. The molecule has 7 rings (SSSR count). The Bertz CT molecular complexity index is 2860. The first-order chi connectivity index (χ1) is 39.2. The number of ketones is 2. The van der Waals surface area contributed by atoms with E-state index in [2.05, 4.69) is 34.7 Å². The van der Waals surface area contributed by atoms with Gasteiger partial charge in [-0.05, 0) is 75.3 Å². The number of aromatic hydroxyl groups is 1. The van der Waals surface area contributed by atoms with Crippen LogP contribution >= 0.6 is 15.2 Å². The first-order valence-electron chi connectivity index (χ1n) is 29.4. The Morgan fingerprint density at radius 1 is 0.893 bits per heavy atom. The Balaban J connectivity index is 1.35. The SMILES string of the molecule is CCCCOC(=O)NCCN(CCCCC(P(=O)(O)O)P(=O)(O)O)CC(=O)O[C@@H]1[C@@H](C)[C@@H](O)[C@@H](C)[C@H](C)[C@H](C)[C@@H](C)/C=C/O[C@@]2(C)Oc3c(C)c(O)c4c(c3C2=O)C2=NC3(CCN(CC(C)C)CC3)NC2=C(NC(=O)/C(C)=C\C=C\[C@@H]1C)C4=O. The molecule has 0 aromatic heterocycles. The topological polar surface area (TPSA) is 333 Å². The number of piperidine rings is 1. The van der Waals surface area contributed by atoms with Crippen LogP contribution in [0.2, 0.25) is 0 Å². The molecule has 84 heavy (non-hydrogen) atoms. The molecule has 2 amide bonds. The van der Waals surface area contributed by atoms with Gasteiger partial charge in [0, 0.05) is 81.0 Å². The summed E-state index contributed by atoms with van der Waals surface area (Å²) < 4.78 is 48.1. The van der Waals surface area contributed by atoms with Crippen LogP contribution in [0.4, 0.5) is 4.79 Å². The third kappa shape index (κ3) is 15.9. The van der Waals surface area contributed by atoms with E-state index in [0.29, 0.717) is 38.3 Å². The third-order valence-electron chi connectivity index (χ3n) is 17.4. The van der Waals surface area contributed by atoms with E-state index in [0.717, 1.165) is 13.0 Å². The fourth-order valence-electron chi connectivity index (χ4n) is 11.7. The summed E-state index contributed by atoms with van der Waals surface area (Å²) in [7, 11) is -10.3. The second kappa shape index (κ2) is 28.1. The van der Waals surface area contributed by atoms with Crippen molar-refractivity contribution in [1.29, 1.82) is 0 Å². The maximum Gasteiger partial charge on any atom is 0.407 e. The van der Waals surface area contributed by atoms with Crippen molar-refractivity contribution in [1.82, 2.24) is 25.8 Å². The van der Waals surface area contributed by atoms with Gasteiger partial charge >= 0.3 is 33.0 Å². The van der Waals surface area contributed by atoms with E-state index in [-0.39, 0.29) is 120 Å². The fourth-order valence-corrected chi connectivity index (χ4v) is 14.3. The van der Waals surface area contributed by atoms with Crippen molar-refractivity contribution in [3.05, 3.63) is 69.8 Å². The molecule has 0 unspecified atom stereocenters. The number of carbonyl (C=O) groups is 5. The van der Waals surface area contributed by atoms with Crippen LogP contribution in [-0.2, 0) is 32.9 Å². The van der Waals surface area contributed by atoms with E-state index in [9.17, 15) is 62.9 Å². The number of nitrogens with one attached hydrogen (secondary N) is 3. The Labute approximate surface area is 493 Å². The smallest absolute Gasteiger partial charge is 0.407 e. The summed E-state index contributed by atoms with van der Waals surface area (Å²) in [6, 6.07) is 0. The number of nitrogens with zero attached hydrogens (tertiary/aromatic N) is 3. The van der Waals surface area contributed by atoms with Crippen molar-refractivity contribution in [3.8, 4) is 11.5 Å². The van der Waals surface area contributed by atoms with Crippen LogP contribution in [0.5, 0.6) is 11.5 Å². The van der Waals surface area contributed by atoms with Crippen LogP contribution in [0.1, 0.15) is 153 Å². The molecule has 5 bridgehead atoms. The van der Waals surface area contributed by atoms with Gasteiger partial charge in [-0.3, -0.25) is 38.2 Å². The van der Waals surface area contributed by atoms with Crippen LogP contribution < -0.4 is 20.7 Å². The van der Waals surface area contributed by atoms with Gasteiger partial charge in [-0.1, -0.05) is 93.4 Å². The molecule has 1 aliphatic carbocycles. The number of rotatable bonds is 18. The highest BCUT2D eigenvalue weighted by molar-refractivity contribution is 7.70. The van der Waals surface area contributed by atoms with Gasteiger partial charge < -0.3 is 69.6 Å². The van der Waals surface area contributed by atoms with E-state index in [1.54, 1.807) is 50.8 Å². The molecule has 1 spiro atoms. The number of alkyl carbamates (subject to hydrolysis) is 1. The number of carbonyl (C=O) groups excluding carboxylic acids is 5. The summed E-state index contributed by atoms with van der Waals surface area (Å²) in [4.78, 5) is 119. The molecule has 25 heteroatoms. The standard InChI is InChI=1S/C59H90N6O17P2/c1-13-14-29-79-57(72)60-24-28-64(25-16-15-20-43(83(73,74)75)84(76,77)78)32-42(66)81-53-35(5)18-17-19-36(6)56(71)61-49-48-47(62-59(63-48)22-26-65(27-23-59)31-33(2)3)44-45(52(49)69)51(68)41(11)54-46(44)55(70)58(12,82-54)80-30-21-34(4)37(7)38(8)39(9)50(67)40(53)10/h17-19,21,30,33-35,37-40,43,50,53,63,67-68H,13-16,20,22-29,31-32H2,1-12H3,(H,60,72)(H,61,71)(H2,73,74,75)(H2,76,77,78)/b18-17+,30-21+,36-19-/t34-,35-,37+,38+,39-,40-,50-,53-,58-/m0/s1. The molecule has 9 atom stereocenters. The van der Waals surface area contributed by atoms with Crippen molar-refractivity contribution in [2.45, 2.75) is 157 Å². The zero-order chi connectivity index (χ0) is 62.4. The van der Waals surface area contributed by atoms with Crippen LogP contribution in [0.15, 0.2) is 52.5 Å². The number of ether oxygens (including phenoxy) is 4. The summed E-state index contributed by atoms with van der Waals surface area (Å²) in [5.41, 5.74) is -0.453. The van der Waals surface area contributed by atoms with Gasteiger partial charge in [0.05, 0.1) is 48.1 Å². The van der Waals surface area contributed by atoms with Gasteiger partial charge in [-0.15, -0.1) is 0 Å². The molecule has 1 aromatic rings. The van der Waals surface area contributed by atoms with E-state index >= 15 is 0 Å². The van der Waals surface area contributed by atoms with E-state index < -0.39 is 97.8 Å². The lowest BCUT2D eigenvalue weighted by Crippen LogP contribution is -2.50. The third-order valence-corrected chi connectivity index (χ3v) is 21.3. The minimum atomic E-state index is -5.17. The highest BCUT2D eigenvalue weighted by atomic mass is 31.2. The summed E-state index contributed by atoms with van der Waals surface area (Å²) in [6.07, 6.45) is 7.51. The van der Waals surface area contributed by atoms with Crippen molar-refractivity contribution in [3.63, 3.8) is 0 Å². The summed E-state index contributed by atoms with van der Waals surface area (Å²) in [5.74, 6) is -6.79. The number of Topliss-reactive ketones (excluding diaryl/α,β-unsaturated/α-hetero) is 2. The predicted molar refractivity (Wildman–Crippen MR) is 315 cm³/mol. The number of aliphatic hydroxyl groups excluding tert-OH is 1. The van der Waals surface area contributed by atoms with Gasteiger partial charge in [0.2, 0.25) is 5.78 Å². The number of esters is 1. The Morgan fingerprint density at radius 3 is 2.19 bits per heavy atom. The molecule has 468 valence electrons. The first kappa shape index (κ1) is 67.9. The highest BCUT2D eigenvalue weighted by Crippen LogP contribution is 2.61. The molecule has 6 aliphatic rings. The van der Waals surface area contributed by atoms with E-state index in [1.807, 2.05) is 34.6 Å². The summed E-state index contributed by atoms with van der Waals surface area (Å²) >= 11 is 0. The number of hydrogen-bond donors (Lipinski definition) is 9. The Morgan fingerprint density at radius 2 is 1.56 bits per heavy atom. The van der Waals surface area contributed by atoms with Gasteiger partial charge in [-0.25, -0.2) is 4.79 Å². The quantitative estimate of drug-likeness (QED) is 0.0399. The van der Waals surface area contributed by atoms with Crippen molar-refractivity contribution in [2.75, 3.05) is 52.4 Å². The number of hydrogen-bond acceptors (Lipinski definition) is 17. The normalized spacial score (nSPS) is 28.3. The average molecular weight is 1220 g/mol. The van der Waals surface area contributed by atoms with Gasteiger partial charge in [-0.2, -0.15) is 0 Å². The largest absolute Gasteiger partial charge is 0.507 e. The number of phenols is 1. The number of aliphatic hydroxyl groups is 1. The molecule has 1 saturated heterocycles. The van der Waals surface area contributed by atoms with Crippen molar-refractivity contribution >= 4 is 50.4 Å². The van der Waals surface area contributed by atoms with Gasteiger partial charge in [0.15, 0.2) is 5.40 Å². The van der Waals surface area contributed by atoms with Crippen LogP contribution in [0.25, 0.3) is 0 Å². The number of benzene rings is 1. The molecule has 5 aliphatic heterocycles. The number of allylic oxidation sites excluding steroid dienone is 5. The Hall–Kier alpha value is -5.22. The molecule has 5 heterocycles. The minimum Gasteiger partial charge on any atom is -0.507 e. The average Bonchev–Trinajstić information content (AvgIpc) is 1.52. The maximum absolute atomic E-state index is 15.0. The molecular formula is C59H90N6O17P2. The Kier molecular flexibility index (Phi) is 22.7. The lowest BCUT2D eigenvalue weighted by molar-refractivity contribution is -0.159. The highest BCUT2D eigenvalue weighted by Gasteiger charge is 2.55. The van der Waals surface area contributed by atoms with Crippen LogP contribution in [0.3, 0.4) is 0 Å². The molecule has 1 fully saturated rings. The zero-order valence-electron chi connectivity index (χ0n) is 50.7. The molecule has 1 aromatic carbocycles. The predicted octanol–water partition coefficient (Wildman–Crippen LogP) is 7.17. The number of aliphatic imine (C=N–C) groups is 1. The van der Waals surface area contributed by atoms with Gasteiger partial charge in [0.1, 0.15) is 29.0 Å². The number of fused-ring (bicyclic) bond motifs is 13. The number of amides is 2. The second-order valence-electron chi connectivity index (χ2n) is 24.3. The van der Waals surface area contributed by atoms with Crippen LogP contribution in [-0.4, -0.2) is 156 Å². The maximum atomic E-state index is 15.0. The molecular weight excluding hydrogens is 1130 g/mol. The minimum absolute atomic E-state index is 0.0225. The number of unbranched alkanes of at least 4 members (excludes halogenated alkanes) is 2. The van der Waals surface area contributed by atoms with Crippen LogP contribution in [0, 0.1) is 48.3 Å². The fraction of sp³-hybridized carbons (Fsp3) is 0.661. The van der Waals surface area contributed by atoms with E-state index in [1.165, 1.54) is 19.3 Å².